The third-order valence-electron chi connectivity index (χ3n) is 5.21. The molecule has 1 aliphatic rings. The largest absolute Gasteiger partial charge is 0.493 e. The molecule has 4 nitrogen and oxygen atoms in total. The molecule has 0 unspecified atom stereocenters. The number of methoxy groups -OCH3 is 2. The van der Waals surface area contributed by atoms with E-state index in [2.05, 4.69) is 0 Å². The lowest BCUT2D eigenvalue weighted by atomic mass is 10.1. The maximum absolute atomic E-state index is 13.4. The van der Waals surface area contributed by atoms with Crippen molar-refractivity contribution in [3.8, 4) is 11.5 Å². The molecular weight excluding hydrogens is 345 g/mol. The summed E-state index contributed by atoms with van der Waals surface area (Å²) in [5, 5.41) is 0. The van der Waals surface area contributed by atoms with Gasteiger partial charge in [0.25, 0.3) is 5.91 Å². The second kappa shape index (κ2) is 8.89. The van der Waals surface area contributed by atoms with Gasteiger partial charge in [0.05, 0.1) is 19.8 Å². The van der Waals surface area contributed by atoms with Crippen molar-refractivity contribution < 1.29 is 18.7 Å². The molecule has 27 heavy (non-hydrogen) atoms. The number of hydrogen-bond acceptors (Lipinski definition) is 3. The van der Waals surface area contributed by atoms with E-state index in [1.54, 1.807) is 44.6 Å². The lowest BCUT2D eigenvalue weighted by Crippen LogP contribution is -2.40. The molecule has 2 aromatic rings. The van der Waals surface area contributed by atoms with E-state index in [1.807, 2.05) is 4.90 Å². The van der Waals surface area contributed by atoms with Crippen LogP contribution in [0.2, 0.25) is 0 Å². The number of carbonyl (C=O) groups excluding carboxylic acids is 1. The summed E-state index contributed by atoms with van der Waals surface area (Å²) >= 11 is 0. The van der Waals surface area contributed by atoms with Crippen molar-refractivity contribution in [1.82, 2.24) is 4.90 Å². The highest BCUT2D eigenvalue weighted by Gasteiger charge is 2.29. The molecule has 144 valence electrons. The standard InChI is InChI=1S/C22H26FNO3/c1-26-20-9-5-8-19(21(20)27-2)22(25)24(18-6-3-4-7-18)15-14-16-10-12-17(23)13-11-16/h5,8-13,18H,3-4,6-7,14-15H2,1-2H3. The van der Waals surface area contributed by atoms with Gasteiger partial charge in [0.2, 0.25) is 0 Å². The molecule has 0 aromatic heterocycles. The minimum Gasteiger partial charge on any atom is -0.493 e. The summed E-state index contributed by atoms with van der Waals surface area (Å²) < 4.78 is 23.9. The lowest BCUT2D eigenvalue weighted by Gasteiger charge is -2.30. The summed E-state index contributed by atoms with van der Waals surface area (Å²) in [5.74, 6) is 0.728. The number of hydrogen-bond donors (Lipinski definition) is 0. The third-order valence-corrected chi connectivity index (χ3v) is 5.21. The summed E-state index contributed by atoms with van der Waals surface area (Å²) in [4.78, 5) is 15.3. The van der Waals surface area contributed by atoms with Crippen molar-refractivity contribution in [3.05, 3.63) is 59.4 Å². The van der Waals surface area contributed by atoms with Crippen molar-refractivity contribution in [1.29, 1.82) is 0 Å². The lowest BCUT2D eigenvalue weighted by molar-refractivity contribution is 0.0680. The summed E-state index contributed by atoms with van der Waals surface area (Å²) in [6, 6.07) is 12.1. The molecule has 0 atom stereocenters. The number of para-hydroxylation sites is 1. The maximum atomic E-state index is 13.4. The fraction of sp³-hybridized carbons (Fsp3) is 0.409. The Labute approximate surface area is 159 Å². The van der Waals surface area contributed by atoms with Crippen molar-refractivity contribution in [2.24, 2.45) is 0 Å². The zero-order valence-electron chi connectivity index (χ0n) is 15.9. The van der Waals surface area contributed by atoms with Gasteiger partial charge in [-0.1, -0.05) is 31.0 Å². The van der Waals surface area contributed by atoms with E-state index in [0.29, 0.717) is 30.0 Å². The van der Waals surface area contributed by atoms with Crippen molar-refractivity contribution in [2.45, 2.75) is 38.1 Å². The number of halogens is 1. The molecule has 1 aliphatic carbocycles. The number of carbonyl (C=O) groups is 1. The smallest absolute Gasteiger partial charge is 0.258 e. The molecule has 0 heterocycles. The van der Waals surface area contributed by atoms with Crippen molar-refractivity contribution in [3.63, 3.8) is 0 Å². The Kier molecular flexibility index (Phi) is 6.32. The molecule has 1 saturated carbocycles. The molecular formula is C22H26FNO3. The second-order valence-corrected chi connectivity index (χ2v) is 6.85. The Bertz CT molecular complexity index is 770. The van der Waals surface area contributed by atoms with Gasteiger partial charge in [-0.15, -0.1) is 0 Å². The fourth-order valence-electron chi connectivity index (χ4n) is 3.78. The minimum absolute atomic E-state index is 0.0419. The van der Waals surface area contributed by atoms with Crippen molar-refractivity contribution in [2.75, 3.05) is 20.8 Å². The first kappa shape index (κ1) is 19.2. The van der Waals surface area contributed by atoms with Crippen LogP contribution in [0, 0.1) is 5.82 Å². The first-order valence-electron chi connectivity index (χ1n) is 9.40. The van der Waals surface area contributed by atoms with Gasteiger partial charge in [0.1, 0.15) is 5.82 Å². The van der Waals surface area contributed by atoms with Gasteiger partial charge in [-0.3, -0.25) is 4.79 Å². The van der Waals surface area contributed by atoms with Gasteiger partial charge in [0, 0.05) is 12.6 Å². The van der Waals surface area contributed by atoms with Crippen LogP contribution in [0.5, 0.6) is 11.5 Å². The molecule has 2 aromatic carbocycles. The third kappa shape index (κ3) is 4.41. The predicted octanol–water partition coefficient (Wildman–Crippen LogP) is 4.47. The van der Waals surface area contributed by atoms with Crippen LogP contribution in [0.1, 0.15) is 41.6 Å². The number of nitrogens with zero attached hydrogens (tertiary/aromatic N) is 1. The van der Waals surface area contributed by atoms with Crippen LogP contribution in [-0.2, 0) is 6.42 Å². The highest BCUT2D eigenvalue weighted by atomic mass is 19.1. The van der Waals surface area contributed by atoms with E-state index in [1.165, 1.54) is 12.1 Å². The average molecular weight is 371 g/mol. The number of benzene rings is 2. The molecule has 0 spiro atoms. The van der Waals surface area contributed by atoms with E-state index in [-0.39, 0.29) is 17.8 Å². The molecule has 0 saturated heterocycles. The molecule has 3 rings (SSSR count). The van der Waals surface area contributed by atoms with Crippen LogP contribution in [0.25, 0.3) is 0 Å². The van der Waals surface area contributed by atoms with Crippen LogP contribution in [0.3, 0.4) is 0 Å². The van der Waals surface area contributed by atoms with Crippen molar-refractivity contribution >= 4 is 5.91 Å². The Morgan fingerprint density at radius 3 is 2.41 bits per heavy atom. The van der Waals surface area contributed by atoms with E-state index in [4.69, 9.17) is 9.47 Å². The SMILES string of the molecule is COc1cccc(C(=O)N(CCc2ccc(F)cc2)C2CCCC2)c1OC. The van der Waals surface area contributed by atoms with E-state index in [0.717, 1.165) is 31.2 Å². The maximum Gasteiger partial charge on any atom is 0.258 e. The quantitative estimate of drug-likeness (QED) is 0.721. The topological polar surface area (TPSA) is 38.8 Å². The Morgan fingerprint density at radius 1 is 1.07 bits per heavy atom. The van der Waals surface area contributed by atoms with Gasteiger partial charge >= 0.3 is 0 Å². The van der Waals surface area contributed by atoms with Gasteiger partial charge in [-0.05, 0) is 49.1 Å². The van der Waals surface area contributed by atoms with E-state index < -0.39 is 0 Å². The van der Waals surface area contributed by atoms with Gasteiger partial charge in [-0.25, -0.2) is 4.39 Å². The summed E-state index contributed by atoms with van der Waals surface area (Å²) in [5.41, 5.74) is 1.53. The fourth-order valence-corrected chi connectivity index (χ4v) is 3.78. The first-order chi connectivity index (χ1) is 13.1. The summed E-state index contributed by atoms with van der Waals surface area (Å²) in [6.07, 6.45) is 5.00. The molecule has 0 bridgehead atoms. The normalized spacial score (nSPS) is 14.2. The van der Waals surface area contributed by atoms with Crippen LogP contribution in [-0.4, -0.2) is 37.6 Å². The number of ether oxygens (including phenoxy) is 2. The Hall–Kier alpha value is -2.56. The zero-order chi connectivity index (χ0) is 19.2. The van der Waals surface area contributed by atoms with E-state index >= 15 is 0 Å². The Morgan fingerprint density at radius 2 is 1.78 bits per heavy atom. The molecule has 1 amide bonds. The van der Waals surface area contributed by atoms with Gasteiger partial charge < -0.3 is 14.4 Å². The summed E-state index contributed by atoms with van der Waals surface area (Å²) in [7, 11) is 3.11. The van der Waals surface area contributed by atoms with Crippen LogP contribution < -0.4 is 9.47 Å². The average Bonchev–Trinajstić information content (AvgIpc) is 3.23. The number of amides is 1. The zero-order valence-corrected chi connectivity index (χ0v) is 15.9. The summed E-state index contributed by atoms with van der Waals surface area (Å²) in [6.45, 7) is 0.593. The number of rotatable bonds is 7. The molecule has 5 heteroatoms. The monoisotopic (exact) mass is 371 g/mol. The van der Waals surface area contributed by atoms with Crippen LogP contribution >= 0.6 is 0 Å². The van der Waals surface area contributed by atoms with Gasteiger partial charge in [0.15, 0.2) is 11.5 Å². The van der Waals surface area contributed by atoms with E-state index in [9.17, 15) is 9.18 Å². The Balaban J connectivity index is 1.84. The predicted molar refractivity (Wildman–Crippen MR) is 103 cm³/mol. The molecule has 1 fully saturated rings. The molecule has 0 radical (unpaired) electrons. The molecule has 0 N–H and O–H groups in total. The first-order valence-corrected chi connectivity index (χ1v) is 9.40. The van der Waals surface area contributed by atoms with Crippen LogP contribution in [0.4, 0.5) is 4.39 Å². The minimum atomic E-state index is -0.247. The highest BCUT2D eigenvalue weighted by molar-refractivity contribution is 5.98. The molecule has 0 aliphatic heterocycles. The van der Waals surface area contributed by atoms with Crippen LogP contribution in [0.15, 0.2) is 42.5 Å². The highest BCUT2D eigenvalue weighted by Crippen LogP contribution is 2.33. The van der Waals surface area contributed by atoms with Gasteiger partial charge in [-0.2, -0.15) is 0 Å². The second-order valence-electron chi connectivity index (χ2n) is 6.85.